The van der Waals surface area contributed by atoms with E-state index in [1.807, 2.05) is 48.5 Å². The molecule has 3 fully saturated rings. The van der Waals surface area contributed by atoms with Crippen molar-refractivity contribution in [2.75, 3.05) is 26.2 Å². The molecule has 0 N–H and O–H groups in total. The van der Waals surface area contributed by atoms with Crippen LogP contribution in [-0.2, 0) is 0 Å². The molecular formula is C21H24Cl2N2O2. The largest absolute Gasteiger partial charge is 0.493 e. The molecule has 3 aromatic rings. The minimum Gasteiger partial charge on any atom is -0.493 e. The second-order valence-electron chi connectivity index (χ2n) is 7.22. The zero-order valence-electron chi connectivity index (χ0n) is 15.0. The van der Waals surface area contributed by atoms with E-state index >= 15 is 0 Å². The molecule has 6 heteroatoms. The number of ether oxygens (including phenoxy) is 1. The van der Waals surface area contributed by atoms with E-state index in [1.165, 1.54) is 32.5 Å². The first kappa shape index (κ1) is 20.0. The summed E-state index contributed by atoms with van der Waals surface area (Å²) in [6.07, 6.45) is 2.68. The van der Waals surface area contributed by atoms with Crippen molar-refractivity contribution in [1.82, 2.24) is 9.88 Å². The molecule has 0 spiro atoms. The summed E-state index contributed by atoms with van der Waals surface area (Å²) < 4.78 is 11.9. The Morgan fingerprint density at radius 2 is 1.74 bits per heavy atom. The highest BCUT2D eigenvalue weighted by atomic mass is 35.5. The lowest BCUT2D eigenvalue weighted by Gasteiger charge is -2.44. The van der Waals surface area contributed by atoms with Gasteiger partial charge >= 0.3 is 0 Å². The summed E-state index contributed by atoms with van der Waals surface area (Å²) in [6.45, 7) is 4.58. The third-order valence-corrected chi connectivity index (χ3v) is 5.65. The molecule has 0 saturated carbocycles. The molecule has 3 aliphatic heterocycles. The monoisotopic (exact) mass is 406 g/mol. The van der Waals surface area contributed by atoms with Crippen LogP contribution in [0.4, 0.5) is 0 Å². The number of rotatable bonds is 4. The minimum absolute atomic E-state index is 0. The van der Waals surface area contributed by atoms with Crippen molar-refractivity contribution < 1.29 is 9.15 Å². The molecule has 0 aliphatic carbocycles. The van der Waals surface area contributed by atoms with Crippen molar-refractivity contribution in [1.29, 1.82) is 0 Å². The van der Waals surface area contributed by atoms with Gasteiger partial charge in [0.2, 0.25) is 5.89 Å². The van der Waals surface area contributed by atoms with Gasteiger partial charge in [0.05, 0.1) is 6.61 Å². The highest BCUT2D eigenvalue weighted by molar-refractivity contribution is 5.85. The fourth-order valence-electron chi connectivity index (χ4n) is 4.17. The van der Waals surface area contributed by atoms with Crippen molar-refractivity contribution >= 4 is 35.9 Å². The second-order valence-corrected chi connectivity index (χ2v) is 7.22. The van der Waals surface area contributed by atoms with Crippen LogP contribution in [0.2, 0.25) is 0 Å². The minimum atomic E-state index is 0. The Hall–Kier alpha value is -1.75. The van der Waals surface area contributed by atoms with E-state index < -0.39 is 0 Å². The van der Waals surface area contributed by atoms with Crippen LogP contribution in [0.1, 0.15) is 12.8 Å². The van der Waals surface area contributed by atoms with Gasteiger partial charge in [0, 0.05) is 18.0 Å². The first-order chi connectivity index (χ1) is 12.3. The van der Waals surface area contributed by atoms with Gasteiger partial charge in [0.15, 0.2) is 5.58 Å². The molecule has 3 aliphatic rings. The number of hydrogen-bond acceptors (Lipinski definition) is 4. The van der Waals surface area contributed by atoms with Gasteiger partial charge in [-0.2, -0.15) is 0 Å². The first-order valence-electron chi connectivity index (χ1n) is 9.16. The molecule has 144 valence electrons. The summed E-state index contributed by atoms with van der Waals surface area (Å²) in [5.41, 5.74) is 2.69. The Morgan fingerprint density at radius 1 is 1.00 bits per heavy atom. The number of benzene rings is 2. The van der Waals surface area contributed by atoms with E-state index in [4.69, 9.17) is 9.15 Å². The highest BCUT2D eigenvalue weighted by Gasteiger charge is 2.34. The molecule has 27 heavy (non-hydrogen) atoms. The van der Waals surface area contributed by atoms with E-state index in [0.29, 0.717) is 11.8 Å². The van der Waals surface area contributed by atoms with Crippen molar-refractivity contribution in [2.45, 2.75) is 12.8 Å². The Kier molecular flexibility index (Phi) is 6.30. The molecule has 4 nitrogen and oxygen atoms in total. The summed E-state index contributed by atoms with van der Waals surface area (Å²) in [7, 11) is 0. The third-order valence-electron chi connectivity index (χ3n) is 5.65. The number of piperidine rings is 3. The molecule has 1 unspecified atom stereocenters. The zero-order valence-corrected chi connectivity index (χ0v) is 16.7. The van der Waals surface area contributed by atoms with Crippen LogP contribution in [0.3, 0.4) is 0 Å². The van der Waals surface area contributed by atoms with Crippen LogP contribution in [-0.4, -0.2) is 36.1 Å². The Labute approximate surface area is 171 Å². The topological polar surface area (TPSA) is 38.5 Å². The molecule has 1 aromatic heterocycles. The number of nitrogens with zero attached hydrogens (tertiary/aromatic N) is 2. The first-order valence-corrected chi connectivity index (χ1v) is 9.16. The SMILES string of the molecule is Cl.Cl.c1ccc2oc(-c3ccc(OCC4CN5CCC4CC5)cc3)nc2c1. The van der Waals surface area contributed by atoms with Crippen molar-refractivity contribution in [3.8, 4) is 17.2 Å². The average Bonchev–Trinajstić information content (AvgIpc) is 3.12. The van der Waals surface area contributed by atoms with Crippen molar-refractivity contribution in [3.63, 3.8) is 0 Å². The molecule has 0 amide bonds. The number of fused-ring (bicyclic) bond motifs is 4. The van der Waals surface area contributed by atoms with E-state index in [2.05, 4.69) is 9.88 Å². The fraction of sp³-hybridized carbons (Fsp3) is 0.381. The second kappa shape index (κ2) is 8.51. The lowest BCUT2D eigenvalue weighted by molar-refractivity contribution is 0.0257. The summed E-state index contributed by atoms with van der Waals surface area (Å²) in [5.74, 6) is 3.12. The predicted molar refractivity (Wildman–Crippen MR) is 112 cm³/mol. The van der Waals surface area contributed by atoms with E-state index in [0.717, 1.165) is 34.9 Å². The molecule has 1 atom stereocenters. The molecule has 2 aromatic carbocycles. The van der Waals surface area contributed by atoms with Gasteiger partial charge in [-0.15, -0.1) is 24.8 Å². The quantitative estimate of drug-likeness (QED) is 0.606. The standard InChI is InChI=1S/C21H22N2O2.2ClH/c1-2-4-20-19(3-1)22-21(25-20)16-5-7-18(8-6-16)24-14-17-13-23-11-9-15(17)10-12-23;;/h1-8,15,17H,9-14H2;2*1H. The summed E-state index contributed by atoms with van der Waals surface area (Å²) in [4.78, 5) is 7.12. The Morgan fingerprint density at radius 3 is 2.41 bits per heavy atom. The Bertz CT molecular complexity index is 840. The molecule has 6 rings (SSSR count). The molecule has 4 heterocycles. The van der Waals surface area contributed by atoms with Gasteiger partial charge in [-0.1, -0.05) is 12.1 Å². The average molecular weight is 407 g/mol. The maximum absolute atomic E-state index is 6.07. The van der Waals surface area contributed by atoms with E-state index in [1.54, 1.807) is 0 Å². The molecule has 3 saturated heterocycles. The number of para-hydroxylation sites is 2. The summed E-state index contributed by atoms with van der Waals surface area (Å²) in [5, 5.41) is 0. The fourth-order valence-corrected chi connectivity index (χ4v) is 4.17. The number of halogens is 2. The predicted octanol–water partition coefficient (Wildman–Crippen LogP) is 5.06. The number of aromatic nitrogens is 1. The van der Waals surface area contributed by atoms with E-state index in [-0.39, 0.29) is 24.8 Å². The smallest absolute Gasteiger partial charge is 0.227 e. The van der Waals surface area contributed by atoms with Crippen LogP contribution in [0, 0.1) is 11.8 Å². The lowest BCUT2D eigenvalue weighted by Crippen LogP contribution is -2.49. The van der Waals surface area contributed by atoms with Crippen LogP contribution in [0.5, 0.6) is 5.75 Å². The van der Waals surface area contributed by atoms with Gasteiger partial charge in [-0.05, 0) is 68.2 Å². The molecule has 0 radical (unpaired) electrons. The van der Waals surface area contributed by atoms with Crippen LogP contribution in [0.15, 0.2) is 52.9 Å². The van der Waals surface area contributed by atoms with Crippen LogP contribution in [0.25, 0.3) is 22.6 Å². The Balaban J connectivity index is 0.00000105. The van der Waals surface area contributed by atoms with E-state index in [9.17, 15) is 0 Å². The van der Waals surface area contributed by atoms with Gasteiger partial charge in [0.25, 0.3) is 0 Å². The van der Waals surface area contributed by atoms with Crippen molar-refractivity contribution in [2.24, 2.45) is 11.8 Å². The highest BCUT2D eigenvalue weighted by Crippen LogP contribution is 2.33. The lowest BCUT2D eigenvalue weighted by atomic mass is 9.79. The maximum Gasteiger partial charge on any atom is 0.227 e. The normalized spacial score (nSPS) is 23.5. The number of hydrogen-bond donors (Lipinski definition) is 0. The van der Waals surface area contributed by atoms with Gasteiger partial charge in [-0.3, -0.25) is 0 Å². The molecule has 2 bridgehead atoms. The third kappa shape index (κ3) is 4.08. The van der Waals surface area contributed by atoms with Gasteiger partial charge in [0.1, 0.15) is 11.3 Å². The van der Waals surface area contributed by atoms with Gasteiger partial charge in [-0.25, -0.2) is 4.98 Å². The van der Waals surface area contributed by atoms with Crippen LogP contribution >= 0.6 is 24.8 Å². The zero-order chi connectivity index (χ0) is 16.6. The molecular weight excluding hydrogens is 383 g/mol. The maximum atomic E-state index is 6.07. The number of oxazole rings is 1. The summed E-state index contributed by atoms with van der Waals surface area (Å²) in [6, 6.07) is 15.9. The van der Waals surface area contributed by atoms with Gasteiger partial charge < -0.3 is 14.1 Å². The van der Waals surface area contributed by atoms with Crippen molar-refractivity contribution in [3.05, 3.63) is 48.5 Å². The van der Waals surface area contributed by atoms with Crippen LogP contribution < -0.4 is 4.74 Å². The summed E-state index contributed by atoms with van der Waals surface area (Å²) >= 11 is 0.